The summed E-state index contributed by atoms with van der Waals surface area (Å²) in [6, 6.07) is 2.91. The van der Waals surface area contributed by atoms with Gasteiger partial charge >= 0.3 is 17.9 Å². The molecule has 10 heteroatoms. The summed E-state index contributed by atoms with van der Waals surface area (Å²) in [4.78, 5) is 39.1. The zero-order valence-corrected chi connectivity index (χ0v) is 17.6. The number of esters is 3. The molecule has 8 nitrogen and oxygen atoms in total. The number of benzene rings is 1. The topological polar surface area (TPSA) is 96.7 Å². The van der Waals surface area contributed by atoms with Gasteiger partial charge < -0.3 is 18.8 Å². The lowest BCUT2D eigenvalue weighted by atomic mass is 10.1. The van der Waals surface area contributed by atoms with Crippen molar-refractivity contribution in [2.45, 2.75) is 45.4 Å². The second-order valence-corrected chi connectivity index (χ2v) is 7.74. The van der Waals surface area contributed by atoms with Crippen molar-refractivity contribution in [3.05, 3.63) is 28.5 Å². The molecule has 3 rings (SSSR count). The molecule has 29 heavy (non-hydrogen) atoms. The van der Waals surface area contributed by atoms with E-state index in [1.807, 2.05) is 4.57 Å². The Kier molecular flexibility index (Phi) is 6.33. The van der Waals surface area contributed by atoms with Gasteiger partial charge in [0.2, 0.25) is 0 Å². The summed E-state index contributed by atoms with van der Waals surface area (Å²) in [5.74, 6) is -1.85. The monoisotopic (exact) mass is 442 g/mol. The summed E-state index contributed by atoms with van der Waals surface area (Å²) in [6.07, 6.45) is 0.455. The minimum atomic E-state index is -0.788. The Hall–Kier alpha value is -2.32. The smallest absolute Gasteiger partial charge is 0.303 e. The van der Waals surface area contributed by atoms with Crippen LogP contribution in [-0.4, -0.2) is 46.3 Å². The van der Waals surface area contributed by atoms with E-state index < -0.39 is 36.2 Å². The number of hydrogen-bond donors (Lipinski definition) is 0. The maximum absolute atomic E-state index is 11.8. The second kappa shape index (κ2) is 8.59. The normalized spacial score (nSPS) is 23.8. The molecule has 0 aliphatic heterocycles. The number of halogens is 2. The lowest BCUT2D eigenvalue weighted by molar-refractivity contribution is -0.168. The fourth-order valence-corrected chi connectivity index (χ4v) is 4.02. The standard InChI is InChI=1S/C19H20Cl2N2O6/c1-9(24)27-7-12-4-17(19(29-11(3)26)18(12)28-10(2)25)23-8-22-15-5-13(20)14(21)6-16(15)23/h5-6,8,12,17-19H,4,7H2,1-3H3/t12-,17-,18-,19+/m1/s1. The highest BCUT2D eigenvalue weighted by Gasteiger charge is 2.49. The molecule has 1 saturated carbocycles. The zero-order chi connectivity index (χ0) is 21.3. The van der Waals surface area contributed by atoms with E-state index >= 15 is 0 Å². The Bertz CT molecular complexity index is 960. The van der Waals surface area contributed by atoms with Crippen LogP contribution < -0.4 is 0 Å². The third kappa shape index (κ3) is 4.64. The average molecular weight is 443 g/mol. The van der Waals surface area contributed by atoms with Gasteiger partial charge in [-0.2, -0.15) is 0 Å². The molecular weight excluding hydrogens is 423 g/mol. The van der Waals surface area contributed by atoms with Gasteiger partial charge in [0.15, 0.2) is 6.10 Å². The van der Waals surface area contributed by atoms with Crippen LogP contribution >= 0.6 is 23.2 Å². The van der Waals surface area contributed by atoms with Gasteiger partial charge in [-0.1, -0.05) is 23.2 Å². The molecule has 1 aliphatic rings. The first-order chi connectivity index (χ1) is 13.7. The van der Waals surface area contributed by atoms with Crippen LogP contribution in [0, 0.1) is 5.92 Å². The van der Waals surface area contributed by atoms with Crippen LogP contribution in [0.25, 0.3) is 11.0 Å². The van der Waals surface area contributed by atoms with Crippen LogP contribution in [0.2, 0.25) is 10.0 Å². The van der Waals surface area contributed by atoms with Crippen molar-refractivity contribution in [1.29, 1.82) is 0 Å². The van der Waals surface area contributed by atoms with Crippen LogP contribution in [0.15, 0.2) is 18.5 Å². The number of hydrogen-bond acceptors (Lipinski definition) is 7. The molecule has 1 aromatic heterocycles. The van der Waals surface area contributed by atoms with E-state index in [0.717, 1.165) is 0 Å². The average Bonchev–Trinajstić information content (AvgIpc) is 3.14. The molecule has 0 amide bonds. The highest BCUT2D eigenvalue weighted by Crippen LogP contribution is 2.41. The largest absolute Gasteiger partial charge is 0.465 e. The number of fused-ring (bicyclic) bond motifs is 1. The Morgan fingerprint density at radius 3 is 2.28 bits per heavy atom. The predicted octanol–water partition coefficient (Wildman–Crippen LogP) is 3.33. The highest BCUT2D eigenvalue weighted by molar-refractivity contribution is 6.42. The van der Waals surface area contributed by atoms with E-state index in [1.54, 1.807) is 18.5 Å². The van der Waals surface area contributed by atoms with E-state index in [2.05, 4.69) is 4.98 Å². The van der Waals surface area contributed by atoms with Gasteiger partial charge in [-0.25, -0.2) is 4.98 Å². The first kappa shape index (κ1) is 21.4. The summed E-state index contributed by atoms with van der Waals surface area (Å²) in [5, 5.41) is 0.730. The maximum Gasteiger partial charge on any atom is 0.303 e. The van der Waals surface area contributed by atoms with Crippen molar-refractivity contribution >= 4 is 52.1 Å². The van der Waals surface area contributed by atoms with E-state index in [4.69, 9.17) is 37.4 Å². The van der Waals surface area contributed by atoms with Gasteiger partial charge in [-0.15, -0.1) is 0 Å². The molecule has 0 bridgehead atoms. The Balaban J connectivity index is 2.03. The minimum Gasteiger partial charge on any atom is -0.465 e. The van der Waals surface area contributed by atoms with Crippen molar-refractivity contribution in [2.24, 2.45) is 5.92 Å². The summed E-state index contributed by atoms with van der Waals surface area (Å²) in [5.41, 5.74) is 1.31. The molecule has 4 atom stereocenters. The van der Waals surface area contributed by atoms with Crippen molar-refractivity contribution in [2.75, 3.05) is 6.61 Å². The molecule has 1 heterocycles. The number of aromatic nitrogens is 2. The number of rotatable bonds is 5. The first-order valence-corrected chi connectivity index (χ1v) is 9.72. The zero-order valence-electron chi connectivity index (χ0n) is 16.1. The third-order valence-electron chi connectivity index (χ3n) is 4.79. The van der Waals surface area contributed by atoms with Gasteiger partial charge in [0.25, 0.3) is 0 Å². The van der Waals surface area contributed by atoms with Gasteiger partial charge in [0.05, 0.1) is 40.1 Å². The molecule has 1 fully saturated rings. The number of carbonyl (C=O) groups is 3. The molecule has 0 unspecified atom stereocenters. The van der Waals surface area contributed by atoms with Crippen LogP contribution in [0.4, 0.5) is 0 Å². The molecule has 0 saturated heterocycles. The van der Waals surface area contributed by atoms with Crippen molar-refractivity contribution in [1.82, 2.24) is 9.55 Å². The van der Waals surface area contributed by atoms with Crippen LogP contribution in [-0.2, 0) is 28.6 Å². The maximum atomic E-state index is 11.8. The van der Waals surface area contributed by atoms with Gasteiger partial charge in [-0.3, -0.25) is 14.4 Å². The SMILES string of the molecule is CC(=O)OC[C@H]1C[C@@H](n2cnc3cc(Cl)c(Cl)cc32)[C@H](OC(C)=O)[C@@H]1OC(C)=O. The van der Waals surface area contributed by atoms with E-state index in [1.165, 1.54) is 20.8 Å². The summed E-state index contributed by atoms with van der Waals surface area (Å²) in [6.45, 7) is 3.88. The Labute approximate surface area is 177 Å². The molecule has 1 aliphatic carbocycles. The molecule has 0 spiro atoms. The molecule has 2 aromatic rings. The molecule has 0 radical (unpaired) electrons. The number of imidazole rings is 1. The second-order valence-electron chi connectivity index (χ2n) is 6.92. The van der Waals surface area contributed by atoms with Crippen LogP contribution in [0.5, 0.6) is 0 Å². The van der Waals surface area contributed by atoms with Crippen molar-refractivity contribution in [3.8, 4) is 0 Å². The third-order valence-corrected chi connectivity index (χ3v) is 5.51. The van der Waals surface area contributed by atoms with Crippen LogP contribution in [0.3, 0.4) is 0 Å². The predicted molar refractivity (Wildman–Crippen MR) is 105 cm³/mol. The van der Waals surface area contributed by atoms with Crippen molar-refractivity contribution < 1.29 is 28.6 Å². The molecular formula is C19H20Cl2N2O6. The van der Waals surface area contributed by atoms with E-state index in [-0.39, 0.29) is 12.5 Å². The van der Waals surface area contributed by atoms with Crippen LogP contribution in [0.1, 0.15) is 33.2 Å². The number of carbonyl (C=O) groups excluding carboxylic acids is 3. The highest BCUT2D eigenvalue weighted by atomic mass is 35.5. The van der Waals surface area contributed by atoms with Crippen molar-refractivity contribution in [3.63, 3.8) is 0 Å². The Morgan fingerprint density at radius 1 is 1.03 bits per heavy atom. The lowest BCUT2D eigenvalue weighted by Crippen LogP contribution is -2.38. The van der Waals surface area contributed by atoms with Gasteiger partial charge in [0, 0.05) is 26.7 Å². The Morgan fingerprint density at radius 2 is 1.66 bits per heavy atom. The molecule has 0 N–H and O–H groups in total. The number of ether oxygens (including phenoxy) is 3. The molecule has 156 valence electrons. The first-order valence-electron chi connectivity index (χ1n) is 8.96. The van der Waals surface area contributed by atoms with E-state index in [9.17, 15) is 14.4 Å². The fraction of sp³-hybridized carbons (Fsp3) is 0.474. The lowest BCUT2D eigenvalue weighted by Gasteiger charge is -2.26. The quantitative estimate of drug-likeness (QED) is 0.517. The van der Waals surface area contributed by atoms with Gasteiger partial charge in [0.1, 0.15) is 6.10 Å². The summed E-state index contributed by atoms with van der Waals surface area (Å²) in [7, 11) is 0. The molecule has 1 aromatic carbocycles. The minimum absolute atomic E-state index is 0.0285. The number of nitrogens with zero attached hydrogens (tertiary/aromatic N) is 2. The van der Waals surface area contributed by atoms with E-state index in [0.29, 0.717) is 27.5 Å². The fourth-order valence-electron chi connectivity index (χ4n) is 3.70. The summed E-state index contributed by atoms with van der Waals surface area (Å²) < 4.78 is 18.0. The van der Waals surface area contributed by atoms with Gasteiger partial charge in [-0.05, 0) is 18.6 Å². The summed E-state index contributed by atoms with van der Waals surface area (Å²) >= 11 is 12.2.